The van der Waals surface area contributed by atoms with Gasteiger partial charge in [-0.1, -0.05) is 12.1 Å². The number of phenolic OH excluding ortho intramolecular Hbond substituents is 2. The van der Waals surface area contributed by atoms with Crippen molar-refractivity contribution in [3.05, 3.63) is 59.0 Å². The number of anilines is 1. The first-order valence-electron chi connectivity index (χ1n) is 7.55. The van der Waals surface area contributed by atoms with Gasteiger partial charge in [-0.15, -0.1) is 0 Å². The van der Waals surface area contributed by atoms with E-state index in [-0.39, 0.29) is 16.4 Å². The summed E-state index contributed by atoms with van der Waals surface area (Å²) in [7, 11) is 0. The van der Waals surface area contributed by atoms with Gasteiger partial charge in [0, 0.05) is 5.69 Å². The molecule has 1 aliphatic heterocycles. The van der Waals surface area contributed by atoms with Crippen LogP contribution in [0.4, 0.5) is 10.5 Å². The van der Waals surface area contributed by atoms with Crippen LogP contribution in [0.3, 0.4) is 0 Å². The van der Waals surface area contributed by atoms with E-state index in [0.29, 0.717) is 11.3 Å². The van der Waals surface area contributed by atoms with Gasteiger partial charge in [0.2, 0.25) is 5.91 Å². The van der Waals surface area contributed by atoms with Gasteiger partial charge < -0.3 is 15.5 Å². The predicted molar refractivity (Wildman–Crippen MR) is 97.5 cm³/mol. The fourth-order valence-electron chi connectivity index (χ4n) is 2.29. The number of carbonyl (C=O) groups is 3. The topological polar surface area (TPSA) is 107 Å². The van der Waals surface area contributed by atoms with E-state index in [2.05, 4.69) is 5.32 Å². The molecule has 3 rings (SSSR count). The number of nitrogens with one attached hydrogen (secondary N) is 1. The Morgan fingerprint density at radius 1 is 1.08 bits per heavy atom. The molecule has 3 N–H and O–H groups in total. The van der Waals surface area contributed by atoms with Gasteiger partial charge in [-0.25, -0.2) is 0 Å². The van der Waals surface area contributed by atoms with Crippen molar-refractivity contribution in [2.45, 2.75) is 0 Å². The highest BCUT2D eigenvalue weighted by Gasteiger charge is 2.36. The summed E-state index contributed by atoms with van der Waals surface area (Å²) < 4.78 is 0. The van der Waals surface area contributed by atoms with Crippen molar-refractivity contribution in [2.75, 3.05) is 11.9 Å². The molecule has 1 saturated heterocycles. The highest BCUT2D eigenvalue weighted by Crippen LogP contribution is 2.32. The third-order valence-electron chi connectivity index (χ3n) is 3.49. The SMILES string of the molecule is O=C(CN1C(=O)S/C(=C\c2cccc(O)c2)C1=O)Nc1ccc(O)cc1. The van der Waals surface area contributed by atoms with Crippen LogP contribution in [0, 0.1) is 0 Å². The summed E-state index contributed by atoms with van der Waals surface area (Å²) in [6.45, 7) is -0.414. The molecule has 2 aromatic carbocycles. The van der Waals surface area contributed by atoms with E-state index < -0.39 is 23.6 Å². The average molecular weight is 370 g/mol. The second-order valence-corrected chi connectivity index (χ2v) is 6.45. The fraction of sp³-hybridized carbons (Fsp3) is 0.0556. The highest BCUT2D eigenvalue weighted by molar-refractivity contribution is 8.18. The zero-order valence-electron chi connectivity index (χ0n) is 13.4. The quantitative estimate of drug-likeness (QED) is 0.564. The first-order chi connectivity index (χ1) is 12.4. The Balaban J connectivity index is 1.69. The van der Waals surface area contributed by atoms with E-state index in [0.717, 1.165) is 16.7 Å². The van der Waals surface area contributed by atoms with E-state index >= 15 is 0 Å². The fourth-order valence-corrected chi connectivity index (χ4v) is 3.13. The Bertz CT molecular complexity index is 908. The second kappa shape index (κ2) is 7.32. The first-order valence-corrected chi connectivity index (χ1v) is 8.37. The minimum atomic E-state index is -0.566. The van der Waals surface area contributed by atoms with Crippen molar-refractivity contribution >= 4 is 40.6 Å². The maximum absolute atomic E-state index is 12.4. The molecule has 0 spiro atoms. The van der Waals surface area contributed by atoms with Gasteiger partial charge in [-0.05, 0) is 59.8 Å². The molecular formula is C18H14N2O5S. The lowest BCUT2D eigenvalue weighted by Gasteiger charge is -2.12. The van der Waals surface area contributed by atoms with Crippen LogP contribution in [0.25, 0.3) is 6.08 Å². The van der Waals surface area contributed by atoms with Crippen molar-refractivity contribution in [1.82, 2.24) is 4.90 Å². The average Bonchev–Trinajstić information content (AvgIpc) is 2.84. The van der Waals surface area contributed by atoms with Crippen molar-refractivity contribution in [3.63, 3.8) is 0 Å². The highest BCUT2D eigenvalue weighted by atomic mass is 32.2. The molecule has 0 aromatic heterocycles. The summed E-state index contributed by atoms with van der Waals surface area (Å²) in [4.78, 5) is 37.5. The Morgan fingerprint density at radius 2 is 1.81 bits per heavy atom. The molecule has 26 heavy (non-hydrogen) atoms. The molecule has 0 radical (unpaired) electrons. The molecule has 0 saturated carbocycles. The van der Waals surface area contributed by atoms with Gasteiger partial charge in [-0.3, -0.25) is 19.3 Å². The molecule has 0 atom stereocenters. The number of amides is 3. The number of phenols is 2. The Labute approximate surface area is 152 Å². The summed E-state index contributed by atoms with van der Waals surface area (Å²) >= 11 is 0.737. The molecule has 0 bridgehead atoms. The van der Waals surface area contributed by atoms with Gasteiger partial charge >= 0.3 is 0 Å². The normalized spacial score (nSPS) is 15.5. The number of aromatic hydroxyl groups is 2. The maximum atomic E-state index is 12.4. The number of hydrogen-bond acceptors (Lipinski definition) is 6. The number of thioether (sulfide) groups is 1. The molecule has 1 fully saturated rings. The van der Waals surface area contributed by atoms with E-state index in [1.54, 1.807) is 12.1 Å². The standard InChI is InChI=1S/C18H14N2O5S/c21-13-6-4-12(5-7-13)19-16(23)10-20-17(24)15(26-18(20)25)9-11-2-1-3-14(22)8-11/h1-9,21-22H,10H2,(H,19,23)/b15-9-. The van der Waals surface area contributed by atoms with Gasteiger partial charge in [-0.2, -0.15) is 0 Å². The molecule has 0 unspecified atom stereocenters. The van der Waals surface area contributed by atoms with Crippen LogP contribution in [0.15, 0.2) is 53.4 Å². The summed E-state index contributed by atoms with van der Waals surface area (Å²) in [5, 5.41) is 20.7. The van der Waals surface area contributed by atoms with E-state index in [1.165, 1.54) is 42.5 Å². The summed E-state index contributed by atoms with van der Waals surface area (Å²) in [5.74, 6) is -0.988. The van der Waals surface area contributed by atoms with Crippen LogP contribution in [0.2, 0.25) is 0 Å². The Kier molecular flexibility index (Phi) is 4.94. The third-order valence-corrected chi connectivity index (χ3v) is 4.40. The summed E-state index contributed by atoms with van der Waals surface area (Å²) in [5.41, 5.74) is 1.01. The zero-order chi connectivity index (χ0) is 18.7. The maximum Gasteiger partial charge on any atom is 0.294 e. The largest absolute Gasteiger partial charge is 0.508 e. The van der Waals surface area contributed by atoms with Gasteiger partial charge in [0.1, 0.15) is 18.0 Å². The monoisotopic (exact) mass is 370 g/mol. The molecule has 8 heteroatoms. The lowest BCUT2D eigenvalue weighted by atomic mass is 10.2. The Hall–Kier alpha value is -3.26. The minimum absolute atomic E-state index is 0.0475. The summed E-state index contributed by atoms with van der Waals surface area (Å²) in [6.07, 6.45) is 1.49. The van der Waals surface area contributed by atoms with Crippen molar-refractivity contribution in [1.29, 1.82) is 0 Å². The van der Waals surface area contributed by atoms with Crippen LogP contribution < -0.4 is 5.32 Å². The minimum Gasteiger partial charge on any atom is -0.508 e. The van der Waals surface area contributed by atoms with Crippen LogP contribution in [-0.4, -0.2) is 38.7 Å². The molecule has 2 aromatic rings. The first kappa shape index (κ1) is 17.6. The molecule has 1 heterocycles. The second-order valence-electron chi connectivity index (χ2n) is 5.46. The molecule has 3 amide bonds. The number of carbonyl (C=O) groups excluding carboxylic acids is 3. The molecule has 0 aliphatic carbocycles. The van der Waals surface area contributed by atoms with Crippen LogP contribution >= 0.6 is 11.8 Å². The van der Waals surface area contributed by atoms with E-state index in [1.807, 2.05) is 0 Å². The van der Waals surface area contributed by atoms with Crippen molar-refractivity contribution < 1.29 is 24.6 Å². The summed E-state index contributed by atoms with van der Waals surface area (Å²) in [6, 6.07) is 12.1. The lowest BCUT2D eigenvalue weighted by Crippen LogP contribution is -2.36. The number of nitrogens with zero attached hydrogens (tertiary/aromatic N) is 1. The lowest BCUT2D eigenvalue weighted by molar-refractivity contribution is -0.127. The predicted octanol–water partition coefficient (Wildman–Crippen LogP) is 2.77. The van der Waals surface area contributed by atoms with Crippen molar-refractivity contribution in [3.8, 4) is 11.5 Å². The van der Waals surface area contributed by atoms with Gasteiger partial charge in [0.15, 0.2) is 0 Å². The molecular weight excluding hydrogens is 356 g/mol. The number of imide groups is 1. The van der Waals surface area contributed by atoms with Crippen LogP contribution in [0.1, 0.15) is 5.56 Å². The van der Waals surface area contributed by atoms with Crippen LogP contribution in [-0.2, 0) is 9.59 Å². The van der Waals surface area contributed by atoms with E-state index in [4.69, 9.17) is 0 Å². The van der Waals surface area contributed by atoms with Crippen molar-refractivity contribution in [2.24, 2.45) is 0 Å². The molecule has 1 aliphatic rings. The molecule has 132 valence electrons. The van der Waals surface area contributed by atoms with Gasteiger partial charge in [0.25, 0.3) is 11.1 Å². The number of benzene rings is 2. The number of rotatable bonds is 4. The Morgan fingerprint density at radius 3 is 2.50 bits per heavy atom. The van der Waals surface area contributed by atoms with Crippen LogP contribution in [0.5, 0.6) is 11.5 Å². The molecule has 7 nitrogen and oxygen atoms in total. The zero-order valence-corrected chi connectivity index (χ0v) is 14.2. The number of hydrogen-bond donors (Lipinski definition) is 3. The smallest absolute Gasteiger partial charge is 0.294 e. The third kappa shape index (κ3) is 4.04. The van der Waals surface area contributed by atoms with E-state index in [9.17, 15) is 24.6 Å². The van der Waals surface area contributed by atoms with Gasteiger partial charge in [0.05, 0.1) is 4.91 Å².